The van der Waals surface area contributed by atoms with E-state index in [2.05, 4.69) is 21.0 Å². The standard InChI is InChI=1S/C25H32N5O7P/c1-7-18-13-30(24-22(18)23(26)27-15-28-24)16(2)12-21(34-5)14-36-38(32,29-17(3)25(31)35-6)37-20-10-8-19(33-4)9-11-20/h1,8-11,13,15-17,21H,12,14H2,2-6H3,(H,29,32)(H2,26,27,28). The fraction of sp³-hybridized carbons (Fsp3) is 0.400. The molecule has 0 aliphatic heterocycles. The van der Waals surface area contributed by atoms with Crippen molar-refractivity contribution in [2.75, 3.05) is 33.7 Å². The van der Waals surface area contributed by atoms with Crippen molar-refractivity contribution in [3.8, 4) is 23.8 Å². The molecule has 0 saturated heterocycles. The number of carbonyl (C=O) groups excluding carboxylic acids is 1. The van der Waals surface area contributed by atoms with Gasteiger partial charge in [-0.1, -0.05) is 5.92 Å². The van der Waals surface area contributed by atoms with Crippen LogP contribution in [0.1, 0.15) is 31.9 Å². The minimum Gasteiger partial charge on any atom is -0.497 e. The Hall–Kier alpha value is -3.62. The normalized spacial score (nSPS) is 15.2. The fourth-order valence-corrected chi connectivity index (χ4v) is 5.31. The number of rotatable bonds is 13. The van der Waals surface area contributed by atoms with Crippen LogP contribution in [0.3, 0.4) is 0 Å². The van der Waals surface area contributed by atoms with E-state index >= 15 is 0 Å². The third-order valence-electron chi connectivity index (χ3n) is 5.83. The topological polar surface area (TPSA) is 149 Å². The Morgan fingerprint density at radius 3 is 2.47 bits per heavy atom. The molecule has 0 aliphatic carbocycles. The molecule has 0 spiro atoms. The van der Waals surface area contributed by atoms with Gasteiger partial charge in [-0.3, -0.25) is 9.32 Å². The molecule has 3 N–H and O–H groups in total. The molecule has 12 nitrogen and oxygen atoms in total. The molecule has 4 atom stereocenters. The van der Waals surface area contributed by atoms with Gasteiger partial charge in [0, 0.05) is 19.3 Å². The molecule has 0 radical (unpaired) electrons. The molecule has 3 rings (SSSR count). The van der Waals surface area contributed by atoms with Crippen LogP contribution in [0, 0.1) is 12.3 Å². The van der Waals surface area contributed by atoms with E-state index in [4.69, 9.17) is 35.4 Å². The van der Waals surface area contributed by atoms with Crippen LogP contribution in [0.5, 0.6) is 11.5 Å². The van der Waals surface area contributed by atoms with Crippen LogP contribution in [0.25, 0.3) is 11.0 Å². The largest absolute Gasteiger partial charge is 0.497 e. The Balaban J connectivity index is 1.78. The molecule has 3 aromatic rings. The number of aromatic nitrogens is 3. The van der Waals surface area contributed by atoms with Crippen molar-refractivity contribution in [2.45, 2.75) is 38.5 Å². The van der Waals surface area contributed by atoms with Crippen LogP contribution < -0.4 is 20.1 Å². The maximum Gasteiger partial charge on any atom is 0.459 e. The van der Waals surface area contributed by atoms with E-state index in [1.807, 2.05) is 11.5 Å². The number of ether oxygens (including phenoxy) is 3. The van der Waals surface area contributed by atoms with Gasteiger partial charge >= 0.3 is 13.7 Å². The van der Waals surface area contributed by atoms with Crippen molar-refractivity contribution in [1.29, 1.82) is 0 Å². The van der Waals surface area contributed by atoms with Gasteiger partial charge in [-0.05, 0) is 44.5 Å². The number of esters is 1. The molecule has 0 fully saturated rings. The number of carbonyl (C=O) groups is 1. The second-order valence-corrected chi connectivity index (χ2v) is 10.1. The summed E-state index contributed by atoms with van der Waals surface area (Å²) in [6.07, 6.45) is 8.74. The van der Waals surface area contributed by atoms with Crippen molar-refractivity contribution in [3.05, 3.63) is 42.4 Å². The zero-order valence-electron chi connectivity index (χ0n) is 21.9. The molecule has 13 heteroatoms. The van der Waals surface area contributed by atoms with Gasteiger partial charge in [-0.15, -0.1) is 6.42 Å². The first kappa shape index (κ1) is 28.9. The van der Waals surface area contributed by atoms with Gasteiger partial charge in [0.1, 0.15) is 35.3 Å². The van der Waals surface area contributed by atoms with E-state index in [0.29, 0.717) is 34.6 Å². The predicted molar refractivity (Wildman–Crippen MR) is 142 cm³/mol. The first-order valence-corrected chi connectivity index (χ1v) is 13.2. The van der Waals surface area contributed by atoms with E-state index in [-0.39, 0.29) is 18.4 Å². The molecule has 0 amide bonds. The second-order valence-electron chi connectivity index (χ2n) is 8.43. The number of nitrogens with one attached hydrogen (secondary N) is 1. The van der Waals surface area contributed by atoms with E-state index in [9.17, 15) is 9.36 Å². The Labute approximate surface area is 221 Å². The third-order valence-corrected chi connectivity index (χ3v) is 7.47. The van der Waals surface area contributed by atoms with Gasteiger partial charge in [0.2, 0.25) is 0 Å². The molecule has 38 heavy (non-hydrogen) atoms. The van der Waals surface area contributed by atoms with Gasteiger partial charge in [0.15, 0.2) is 0 Å². The lowest BCUT2D eigenvalue weighted by atomic mass is 10.1. The molecule has 0 bridgehead atoms. The average molecular weight is 546 g/mol. The lowest BCUT2D eigenvalue weighted by Gasteiger charge is -2.26. The molecule has 0 saturated carbocycles. The highest BCUT2D eigenvalue weighted by molar-refractivity contribution is 7.52. The highest BCUT2D eigenvalue weighted by Gasteiger charge is 2.33. The lowest BCUT2D eigenvalue weighted by molar-refractivity contribution is -0.142. The number of nitrogens with two attached hydrogens (primary N) is 1. The zero-order chi connectivity index (χ0) is 27.9. The van der Waals surface area contributed by atoms with Crippen molar-refractivity contribution in [2.24, 2.45) is 0 Å². The minimum atomic E-state index is -4.06. The molecule has 204 valence electrons. The van der Waals surface area contributed by atoms with E-state index in [1.54, 1.807) is 30.5 Å². The Kier molecular flexibility index (Phi) is 9.72. The molecule has 4 unspecified atom stereocenters. The number of terminal acetylenes is 1. The maximum atomic E-state index is 13.7. The molecular weight excluding hydrogens is 513 g/mol. The molecule has 2 aromatic heterocycles. The maximum absolute atomic E-state index is 13.7. The van der Waals surface area contributed by atoms with Gasteiger partial charge < -0.3 is 29.0 Å². The SMILES string of the molecule is C#Cc1cn(C(C)CC(COP(=O)(NC(C)C(=O)OC)Oc2ccc(OC)cc2)OC)c2ncnc(N)c12. The quantitative estimate of drug-likeness (QED) is 0.185. The number of nitrogen functional groups attached to an aromatic ring is 1. The number of anilines is 1. The monoisotopic (exact) mass is 545 g/mol. The third kappa shape index (κ3) is 6.82. The smallest absolute Gasteiger partial charge is 0.459 e. The van der Waals surface area contributed by atoms with Gasteiger partial charge in [0.25, 0.3) is 0 Å². The van der Waals surface area contributed by atoms with Crippen LogP contribution in [0.2, 0.25) is 0 Å². The van der Waals surface area contributed by atoms with Crippen LogP contribution in [-0.4, -0.2) is 60.6 Å². The minimum absolute atomic E-state index is 0.118. The average Bonchev–Trinajstić information content (AvgIpc) is 3.31. The number of benzene rings is 1. The summed E-state index contributed by atoms with van der Waals surface area (Å²) in [7, 11) is 0.215. The number of nitrogens with zero attached hydrogens (tertiary/aromatic N) is 3. The van der Waals surface area contributed by atoms with Crippen LogP contribution in [0.15, 0.2) is 36.8 Å². The van der Waals surface area contributed by atoms with Crippen molar-refractivity contribution in [3.63, 3.8) is 0 Å². The highest BCUT2D eigenvalue weighted by Crippen LogP contribution is 2.45. The summed E-state index contributed by atoms with van der Waals surface area (Å²) in [6.45, 7) is 3.32. The number of hydrogen-bond donors (Lipinski definition) is 2. The summed E-state index contributed by atoms with van der Waals surface area (Å²) in [6, 6.07) is 5.30. The van der Waals surface area contributed by atoms with Gasteiger partial charge in [-0.2, -0.15) is 5.09 Å². The Morgan fingerprint density at radius 2 is 1.87 bits per heavy atom. The van der Waals surface area contributed by atoms with Crippen molar-refractivity contribution in [1.82, 2.24) is 19.6 Å². The lowest BCUT2D eigenvalue weighted by Crippen LogP contribution is -2.35. The van der Waals surface area contributed by atoms with Crippen molar-refractivity contribution < 1.29 is 32.6 Å². The predicted octanol–water partition coefficient (Wildman–Crippen LogP) is 3.32. The summed E-state index contributed by atoms with van der Waals surface area (Å²) in [5, 5.41) is 3.22. The number of hydrogen-bond acceptors (Lipinski definition) is 10. The molecule has 2 heterocycles. The Morgan fingerprint density at radius 1 is 1.18 bits per heavy atom. The van der Waals surface area contributed by atoms with E-state index < -0.39 is 25.9 Å². The Bertz CT molecular complexity index is 1340. The fourth-order valence-electron chi connectivity index (χ4n) is 3.79. The summed E-state index contributed by atoms with van der Waals surface area (Å²) >= 11 is 0. The number of fused-ring (bicyclic) bond motifs is 1. The first-order valence-electron chi connectivity index (χ1n) is 11.7. The highest BCUT2D eigenvalue weighted by atomic mass is 31.2. The van der Waals surface area contributed by atoms with E-state index in [1.165, 1.54) is 34.6 Å². The summed E-state index contributed by atoms with van der Waals surface area (Å²) < 4.78 is 42.5. The summed E-state index contributed by atoms with van der Waals surface area (Å²) in [4.78, 5) is 20.4. The van der Waals surface area contributed by atoms with Crippen LogP contribution >= 0.6 is 7.75 Å². The van der Waals surface area contributed by atoms with Crippen molar-refractivity contribution >= 4 is 30.6 Å². The first-order chi connectivity index (χ1) is 18.1. The van der Waals surface area contributed by atoms with Crippen LogP contribution in [0.4, 0.5) is 5.82 Å². The van der Waals surface area contributed by atoms with Gasteiger partial charge in [0.05, 0.1) is 37.9 Å². The summed E-state index contributed by atoms with van der Waals surface area (Å²) in [5.74, 6) is 3.12. The van der Waals surface area contributed by atoms with Gasteiger partial charge in [-0.25, -0.2) is 14.5 Å². The molecular formula is C25H32N5O7P. The molecule has 1 aromatic carbocycles. The van der Waals surface area contributed by atoms with Crippen LogP contribution in [-0.2, 0) is 23.4 Å². The van der Waals surface area contributed by atoms with E-state index in [0.717, 1.165) is 0 Å². The zero-order valence-corrected chi connectivity index (χ0v) is 22.8. The number of methoxy groups -OCH3 is 3. The second kappa shape index (κ2) is 12.8. The molecule has 0 aliphatic rings. The summed E-state index contributed by atoms with van der Waals surface area (Å²) in [5.41, 5.74) is 7.19.